The lowest BCUT2D eigenvalue weighted by molar-refractivity contribution is 0.0600. The fourth-order valence-electron chi connectivity index (χ4n) is 0.776. The summed E-state index contributed by atoms with van der Waals surface area (Å²) in [5.74, 6) is -0.747. The summed E-state index contributed by atoms with van der Waals surface area (Å²) in [6, 6.07) is 3.96. The van der Waals surface area contributed by atoms with Crippen molar-refractivity contribution in [2.24, 2.45) is 0 Å². The Hall–Kier alpha value is -1.71. The number of phenols is 1. The summed E-state index contributed by atoms with van der Waals surface area (Å²) >= 11 is 0. The molecule has 0 spiro atoms. The summed E-state index contributed by atoms with van der Waals surface area (Å²) in [4.78, 5) is 10.9. The lowest BCUT2D eigenvalue weighted by Gasteiger charge is -2.00. The average Bonchev–Trinajstić information content (AvgIpc) is 2.08. The molecule has 2 N–H and O–H groups in total. The zero-order valence-corrected chi connectivity index (χ0v) is 6.50. The molecule has 4 heteroatoms. The van der Waals surface area contributed by atoms with Crippen molar-refractivity contribution in [1.82, 2.24) is 5.73 Å². The van der Waals surface area contributed by atoms with Gasteiger partial charge in [-0.15, -0.1) is 0 Å². The Bertz CT molecular complexity index is 309. The molecular weight excluding hydrogens is 158 g/mol. The first kappa shape index (κ1) is 8.39. The van der Waals surface area contributed by atoms with Crippen molar-refractivity contribution in [2.75, 3.05) is 7.11 Å². The highest BCUT2D eigenvalue weighted by Crippen LogP contribution is 2.22. The molecule has 0 saturated heterocycles. The van der Waals surface area contributed by atoms with Gasteiger partial charge in [-0.05, 0) is 18.2 Å². The van der Waals surface area contributed by atoms with E-state index in [1.165, 1.54) is 25.3 Å². The van der Waals surface area contributed by atoms with Crippen molar-refractivity contribution in [3.63, 3.8) is 0 Å². The maximum Gasteiger partial charge on any atom is 0.337 e. The van der Waals surface area contributed by atoms with Gasteiger partial charge in [0.25, 0.3) is 0 Å². The SMILES string of the molecule is COC(=O)c1ccc([NH])c(O)c1. The van der Waals surface area contributed by atoms with Crippen LogP contribution < -0.4 is 5.73 Å². The number of rotatable bonds is 1. The van der Waals surface area contributed by atoms with E-state index in [9.17, 15) is 4.79 Å². The minimum atomic E-state index is -0.523. The number of esters is 1. The van der Waals surface area contributed by atoms with Crippen LogP contribution in [0.2, 0.25) is 0 Å². The Morgan fingerprint density at radius 2 is 2.25 bits per heavy atom. The largest absolute Gasteiger partial charge is 0.506 e. The molecule has 0 heterocycles. The van der Waals surface area contributed by atoms with Crippen LogP contribution in [0, 0.1) is 0 Å². The summed E-state index contributed by atoms with van der Waals surface area (Å²) in [7, 11) is 1.26. The first-order chi connectivity index (χ1) is 5.65. The Morgan fingerprint density at radius 3 is 2.75 bits per heavy atom. The maximum atomic E-state index is 10.9. The lowest BCUT2D eigenvalue weighted by atomic mass is 10.2. The zero-order valence-electron chi connectivity index (χ0n) is 6.50. The summed E-state index contributed by atoms with van der Waals surface area (Å²) in [6.07, 6.45) is 0. The van der Waals surface area contributed by atoms with Gasteiger partial charge in [0.05, 0.1) is 18.4 Å². The molecule has 1 aromatic rings. The third-order valence-corrected chi connectivity index (χ3v) is 1.42. The maximum absolute atomic E-state index is 10.9. The second-order valence-corrected chi connectivity index (χ2v) is 2.22. The fourth-order valence-corrected chi connectivity index (χ4v) is 0.776. The number of aromatic hydroxyl groups is 1. The summed E-state index contributed by atoms with van der Waals surface area (Å²) < 4.78 is 4.42. The van der Waals surface area contributed by atoms with E-state index in [0.717, 1.165) is 0 Å². The highest BCUT2D eigenvalue weighted by atomic mass is 16.5. The highest BCUT2D eigenvalue weighted by Gasteiger charge is 2.06. The van der Waals surface area contributed by atoms with Gasteiger partial charge in [-0.3, -0.25) is 5.73 Å². The Kier molecular flexibility index (Phi) is 2.19. The van der Waals surface area contributed by atoms with Crippen molar-refractivity contribution in [3.05, 3.63) is 23.8 Å². The van der Waals surface area contributed by atoms with Gasteiger partial charge in [-0.1, -0.05) is 0 Å². The number of ether oxygens (including phenoxy) is 1. The quantitative estimate of drug-likeness (QED) is 0.501. The Labute approximate surface area is 69.6 Å². The molecule has 1 aromatic carbocycles. The van der Waals surface area contributed by atoms with Gasteiger partial charge < -0.3 is 9.84 Å². The Morgan fingerprint density at radius 1 is 1.58 bits per heavy atom. The fraction of sp³-hybridized carbons (Fsp3) is 0.125. The molecule has 0 aliphatic carbocycles. The molecule has 1 rings (SSSR count). The number of methoxy groups -OCH3 is 1. The molecule has 63 valence electrons. The number of hydrogen-bond donors (Lipinski definition) is 1. The predicted octanol–water partition coefficient (Wildman–Crippen LogP) is 1.09. The summed E-state index contributed by atoms with van der Waals surface area (Å²) in [5, 5.41) is 9.05. The van der Waals surface area contributed by atoms with Crippen LogP contribution in [0.15, 0.2) is 18.2 Å². The van der Waals surface area contributed by atoms with Crippen LogP contribution in [-0.4, -0.2) is 18.2 Å². The van der Waals surface area contributed by atoms with E-state index in [-0.39, 0.29) is 17.0 Å². The molecule has 0 amide bonds. The molecule has 4 nitrogen and oxygen atoms in total. The number of carbonyl (C=O) groups excluding carboxylic acids is 1. The van der Waals surface area contributed by atoms with Crippen LogP contribution in [0.3, 0.4) is 0 Å². The van der Waals surface area contributed by atoms with Crippen molar-refractivity contribution in [2.45, 2.75) is 0 Å². The van der Waals surface area contributed by atoms with Crippen molar-refractivity contribution in [3.8, 4) is 5.75 Å². The van der Waals surface area contributed by atoms with Gasteiger partial charge in [-0.25, -0.2) is 4.79 Å². The first-order valence-electron chi connectivity index (χ1n) is 3.28. The molecular formula is C8H8NO3. The summed E-state index contributed by atoms with van der Waals surface area (Å²) in [6.45, 7) is 0. The minimum absolute atomic E-state index is 0.0114. The third kappa shape index (κ3) is 1.47. The highest BCUT2D eigenvalue weighted by molar-refractivity contribution is 5.90. The van der Waals surface area contributed by atoms with Crippen LogP contribution in [-0.2, 0) is 4.74 Å². The van der Waals surface area contributed by atoms with E-state index in [1.54, 1.807) is 0 Å². The third-order valence-electron chi connectivity index (χ3n) is 1.42. The number of benzene rings is 1. The smallest absolute Gasteiger partial charge is 0.337 e. The van der Waals surface area contributed by atoms with Gasteiger partial charge in [0.15, 0.2) is 0 Å². The van der Waals surface area contributed by atoms with E-state index in [1.807, 2.05) is 0 Å². The van der Waals surface area contributed by atoms with E-state index < -0.39 is 5.97 Å². The van der Waals surface area contributed by atoms with Crippen LogP contribution in [0.4, 0.5) is 5.69 Å². The van der Waals surface area contributed by atoms with Crippen molar-refractivity contribution in [1.29, 1.82) is 0 Å². The van der Waals surface area contributed by atoms with E-state index in [4.69, 9.17) is 10.8 Å². The number of carbonyl (C=O) groups is 1. The average molecular weight is 166 g/mol. The lowest BCUT2D eigenvalue weighted by Crippen LogP contribution is -2.00. The molecule has 0 bridgehead atoms. The van der Waals surface area contributed by atoms with E-state index in [0.29, 0.717) is 0 Å². The van der Waals surface area contributed by atoms with Gasteiger partial charge in [-0.2, -0.15) is 0 Å². The van der Waals surface area contributed by atoms with Crippen molar-refractivity contribution < 1.29 is 14.6 Å². The molecule has 12 heavy (non-hydrogen) atoms. The predicted molar refractivity (Wildman–Crippen MR) is 42.2 cm³/mol. The molecule has 0 atom stereocenters. The van der Waals surface area contributed by atoms with Gasteiger partial charge in [0.1, 0.15) is 5.75 Å². The van der Waals surface area contributed by atoms with Gasteiger partial charge in [0.2, 0.25) is 0 Å². The number of hydrogen-bond acceptors (Lipinski definition) is 3. The van der Waals surface area contributed by atoms with Crippen LogP contribution in [0.25, 0.3) is 0 Å². The van der Waals surface area contributed by atoms with Crippen LogP contribution in [0.5, 0.6) is 5.75 Å². The summed E-state index contributed by atoms with van der Waals surface area (Å²) in [5.41, 5.74) is 7.34. The standard InChI is InChI=1S/C8H8NO3/c1-12-8(11)5-2-3-6(9)7(10)4-5/h2-4,9-10H,1H3. The Balaban J connectivity index is 3.05. The molecule has 0 fully saturated rings. The second-order valence-electron chi connectivity index (χ2n) is 2.22. The molecule has 0 unspecified atom stereocenters. The second kappa shape index (κ2) is 3.13. The van der Waals surface area contributed by atoms with Gasteiger partial charge in [0, 0.05) is 0 Å². The monoisotopic (exact) mass is 166 g/mol. The number of phenolic OH excluding ortho intramolecular Hbond substituents is 1. The first-order valence-corrected chi connectivity index (χ1v) is 3.28. The van der Waals surface area contributed by atoms with E-state index in [2.05, 4.69) is 4.74 Å². The molecule has 1 radical (unpaired) electrons. The number of nitrogens with one attached hydrogen (secondary N) is 1. The topological polar surface area (TPSA) is 70.3 Å². The van der Waals surface area contributed by atoms with E-state index >= 15 is 0 Å². The molecule has 0 saturated carbocycles. The van der Waals surface area contributed by atoms with Crippen molar-refractivity contribution >= 4 is 11.7 Å². The minimum Gasteiger partial charge on any atom is -0.506 e. The molecule has 0 aromatic heterocycles. The zero-order chi connectivity index (χ0) is 9.14. The molecule has 0 aliphatic rings. The van der Waals surface area contributed by atoms with Crippen LogP contribution >= 0.6 is 0 Å². The molecule has 0 aliphatic heterocycles. The normalized spacial score (nSPS) is 9.42. The van der Waals surface area contributed by atoms with Gasteiger partial charge >= 0.3 is 5.97 Å². The van der Waals surface area contributed by atoms with Crippen LogP contribution in [0.1, 0.15) is 10.4 Å².